The molecule has 116 valence electrons. The van der Waals surface area contributed by atoms with Crippen LogP contribution in [0.1, 0.15) is 27.0 Å². The van der Waals surface area contributed by atoms with Gasteiger partial charge in [0, 0.05) is 34.7 Å². The maximum atomic E-state index is 11.6. The molecule has 5 nitrogen and oxygen atoms in total. The normalized spacial score (nSPS) is 10.9. The Morgan fingerprint density at radius 2 is 1.83 bits per heavy atom. The lowest BCUT2D eigenvalue weighted by atomic mass is 10.1. The number of carbonyl (C=O) groups is 1. The van der Waals surface area contributed by atoms with E-state index in [9.17, 15) is 9.59 Å². The minimum absolute atomic E-state index is 0.110. The van der Waals surface area contributed by atoms with Gasteiger partial charge in [-0.2, -0.15) is 4.57 Å². The first-order valence-corrected chi connectivity index (χ1v) is 7.33. The van der Waals surface area contributed by atoms with Crippen LogP contribution in [-0.4, -0.2) is 10.9 Å². The average molecular weight is 308 g/mol. The van der Waals surface area contributed by atoms with Gasteiger partial charge in [-0.3, -0.25) is 9.59 Å². The van der Waals surface area contributed by atoms with Crippen LogP contribution in [0, 0.1) is 20.8 Å². The molecule has 0 aliphatic heterocycles. The van der Waals surface area contributed by atoms with E-state index in [1.54, 1.807) is 12.3 Å². The van der Waals surface area contributed by atoms with Crippen LogP contribution >= 0.6 is 0 Å². The predicted molar refractivity (Wildman–Crippen MR) is 88.8 cm³/mol. The minimum Gasteiger partial charge on any atom is -0.365 e. The number of aromatic nitrogens is 2. The molecule has 1 aromatic carbocycles. The topological polar surface area (TPSA) is 79.8 Å². The summed E-state index contributed by atoms with van der Waals surface area (Å²) in [6.07, 6.45) is 3.64. The number of nitrogens with two attached hydrogens (primary N) is 1. The number of aromatic amines is 1. The summed E-state index contributed by atoms with van der Waals surface area (Å²) in [4.78, 5) is 26.0. The van der Waals surface area contributed by atoms with Gasteiger partial charge in [-0.15, -0.1) is 0 Å². The van der Waals surface area contributed by atoms with Crippen molar-refractivity contribution in [2.45, 2.75) is 20.8 Å². The van der Waals surface area contributed by atoms with Crippen molar-refractivity contribution in [2.75, 3.05) is 0 Å². The van der Waals surface area contributed by atoms with Crippen molar-refractivity contribution in [1.29, 1.82) is 0 Å². The highest BCUT2D eigenvalue weighted by Crippen LogP contribution is 2.20. The van der Waals surface area contributed by atoms with Crippen molar-refractivity contribution in [3.05, 3.63) is 69.3 Å². The molecule has 23 heavy (non-hydrogen) atoms. The van der Waals surface area contributed by atoms with Gasteiger partial charge >= 0.3 is 0 Å². The highest BCUT2D eigenvalue weighted by atomic mass is 16.1. The van der Waals surface area contributed by atoms with Crippen LogP contribution in [0.2, 0.25) is 0 Å². The Bertz CT molecular complexity index is 1000. The number of nitrogens with zero attached hydrogens (tertiary/aromatic N) is 1. The van der Waals surface area contributed by atoms with Crippen molar-refractivity contribution in [3.8, 4) is 5.69 Å². The van der Waals surface area contributed by atoms with Crippen LogP contribution < -0.4 is 15.9 Å². The molecule has 0 aliphatic carbocycles. The molecule has 3 N–H and O–H groups in total. The third-order valence-corrected chi connectivity index (χ3v) is 4.09. The van der Waals surface area contributed by atoms with Crippen LogP contribution in [0.3, 0.4) is 0 Å². The number of rotatable bonds is 2. The van der Waals surface area contributed by atoms with Crippen LogP contribution in [0.25, 0.3) is 16.6 Å². The smallest absolute Gasteiger partial charge is 0.255 e. The first-order chi connectivity index (χ1) is 10.9. The number of primary amides is 1. The lowest BCUT2D eigenvalue weighted by Gasteiger charge is -2.07. The molecule has 0 unspecified atom stereocenters. The number of amides is 1. The lowest BCUT2D eigenvalue weighted by Crippen LogP contribution is -2.33. The monoisotopic (exact) mass is 308 g/mol. The maximum absolute atomic E-state index is 11.6. The number of carbonyl (C=O) groups excluding carboxylic acids is 1. The molecule has 0 atom stereocenters. The summed E-state index contributed by atoms with van der Waals surface area (Å²) >= 11 is 0. The zero-order valence-corrected chi connectivity index (χ0v) is 13.3. The number of benzene rings is 1. The Balaban J connectivity index is 2.28. The quantitative estimate of drug-likeness (QED) is 0.708. The predicted octanol–water partition coefficient (Wildman–Crippen LogP) is 1.83. The Labute approximate surface area is 133 Å². The van der Waals surface area contributed by atoms with E-state index in [1.807, 2.05) is 49.7 Å². The van der Waals surface area contributed by atoms with Crippen LogP contribution in [0.15, 0.2) is 41.5 Å². The van der Waals surface area contributed by atoms with Gasteiger partial charge in [0.25, 0.3) is 5.91 Å². The number of fused-ring (bicyclic) bond motifs is 1. The molecule has 0 fully saturated rings. The van der Waals surface area contributed by atoms with E-state index in [-0.39, 0.29) is 5.56 Å². The molecule has 3 aromatic rings. The zero-order chi connectivity index (χ0) is 16.7. The fraction of sp³-hybridized carbons (Fsp3) is 0.167. The first-order valence-electron chi connectivity index (χ1n) is 7.33. The van der Waals surface area contributed by atoms with E-state index in [0.717, 1.165) is 33.3 Å². The largest absolute Gasteiger partial charge is 0.365 e. The number of aryl methyl sites for hydroxylation is 3. The van der Waals surface area contributed by atoms with E-state index < -0.39 is 5.91 Å². The molecular formula is C18H18N3O2+. The number of pyridine rings is 2. The Kier molecular flexibility index (Phi) is 3.48. The molecule has 0 radical (unpaired) electrons. The molecule has 0 aliphatic rings. The van der Waals surface area contributed by atoms with E-state index in [4.69, 9.17) is 5.73 Å². The van der Waals surface area contributed by atoms with Gasteiger partial charge in [0.15, 0.2) is 12.4 Å². The lowest BCUT2D eigenvalue weighted by molar-refractivity contribution is -0.596. The minimum atomic E-state index is -0.448. The molecule has 0 bridgehead atoms. The molecular weight excluding hydrogens is 290 g/mol. The fourth-order valence-corrected chi connectivity index (χ4v) is 2.82. The Hall–Kier alpha value is -2.95. The highest BCUT2D eigenvalue weighted by Gasteiger charge is 2.17. The van der Waals surface area contributed by atoms with Crippen molar-refractivity contribution >= 4 is 16.8 Å². The Morgan fingerprint density at radius 1 is 1.09 bits per heavy atom. The van der Waals surface area contributed by atoms with Gasteiger partial charge in [0.1, 0.15) is 5.56 Å². The summed E-state index contributed by atoms with van der Waals surface area (Å²) in [6, 6.07) is 7.39. The summed E-state index contributed by atoms with van der Waals surface area (Å²) in [5, 5.41) is 0.971. The standard InChI is InChI=1S/C18H17N3O2/c1-10-4-5-21(9-14(10)18(19)23)16-8-13-11(2)7-17(22)20-15(13)6-12(16)3/h4-9H,1-3H3,(H2-,19,20,22,23)/p+1. The summed E-state index contributed by atoms with van der Waals surface area (Å²) in [5.74, 6) is -0.448. The average Bonchev–Trinajstić information content (AvgIpc) is 2.47. The molecule has 1 amide bonds. The molecule has 2 aromatic heterocycles. The van der Waals surface area contributed by atoms with E-state index >= 15 is 0 Å². The van der Waals surface area contributed by atoms with Gasteiger partial charge < -0.3 is 10.7 Å². The summed E-state index contributed by atoms with van der Waals surface area (Å²) < 4.78 is 1.88. The van der Waals surface area contributed by atoms with Gasteiger partial charge in [-0.1, -0.05) is 0 Å². The number of hydrogen-bond donors (Lipinski definition) is 2. The maximum Gasteiger partial charge on any atom is 0.255 e. The van der Waals surface area contributed by atoms with E-state index in [1.165, 1.54) is 0 Å². The molecule has 3 rings (SSSR count). The van der Waals surface area contributed by atoms with E-state index in [2.05, 4.69) is 4.98 Å². The molecule has 2 heterocycles. The second-order valence-electron chi connectivity index (χ2n) is 5.81. The van der Waals surface area contributed by atoms with E-state index in [0.29, 0.717) is 5.56 Å². The number of nitrogens with one attached hydrogen (secondary N) is 1. The van der Waals surface area contributed by atoms with Gasteiger partial charge in [-0.05, 0) is 38.0 Å². The van der Waals surface area contributed by atoms with Gasteiger partial charge in [0.2, 0.25) is 11.2 Å². The molecule has 0 saturated heterocycles. The second-order valence-corrected chi connectivity index (χ2v) is 5.81. The van der Waals surface area contributed by atoms with Crippen LogP contribution in [-0.2, 0) is 0 Å². The van der Waals surface area contributed by atoms with Crippen LogP contribution in [0.5, 0.6) is 0 Å². The second kappa shape index (κ2) is 5.35. The molecule has 5 heteroatoms. The third kappa shape index (κ3) is 2.61. The highest BCUT2D eigenvalue weighted by molar-refractivity contribution is 5.93. The molecule has 0 spiro atoms. The zero-order valence-electron chi connectivity index (χ0n) is 13.3. The van der Waals surface area contributed by atoms with Gasteiger partial charge in [-0.25, -0.2) is 0 Å². The SMILES string of the molecule is Cc1cc[n+](-c2cc3c(C)cc(=O)[nH]c3cc2C)cc1C(N)=O. The van der Waals surface area contributed by atoms with Crippen molar-refractivity contribution in [1.82, 2.24) is 4.98 Å². The van der Waals surface area contributed by atoms with Crippen molar-refractivity contribution in [2.24, 2.45) is 5.73 Å². The number of hydrogen-bond acceptors (Lipinski definition) is 2. The third-order valence-electron chi connectivity index (χ3n) is 4.09. The first kappa shape index (κ1) is 15.0. The van der Waals surface area contributed by atoms with Crippen molar-refractivity contribution in [3.63, 3.8) is 0 Å². The fourth-order valence-electron chi connectivity index (χ4n) is 2.82. The van der Waals surface area contributed by atoms with Gasteiger partial charge in [0.05, 0.1) is 0 Å². The molecule has 0 saturated carbocycles. The summed E-state index contributed by atoms with van der Waals surface area (Å²) in [7, 11) is 0. The number of H-pyrrole nitrogens is 1. The van der Waals surface area contributed by atoms with Crippen molar-refractivity contribution < 1.29 is 9.36 Å². The van der Waals surface area contributed by atoms with Crippen LogP contribution in [0.4, 0.5) is 0 Å². The summed E-state index contributed by atoms with van der Waals surface area (Å²) in [6.45, 7) is 5.73. The Morgan fingerprint density at radius 3 is 2.52 bits per heavy atom. The summed E-state index contributed by atoms with van der Waals surface area (Å²) in [5.41, 5.74) is 10.3.